The summed E-state index contributed by atoms with van der Waals surface area (Å²) in [5.74, 6) is 0.0854. The number of anilines is 1. The van der Waals surface area contributed by atoms with Crippen LogP contribution in [0.1, 0.15) is 13.3 Å². The number of rotatable bonds is 8. The number of nitrogens with one attached hydrogen (secondary N) is 2. The second-order valence-electron chi connectivity index (χ2n) is 5.38. The Morgan fingerprint density at radius 3 is 2.15 bits per heavy atom. The zero-order chi connectivity index (χ0) is 18.8. The number of carbonyl (C=O) groups excluding carboxylic acids is 3. The van der Waals surface area contributed by atoms with Crippen molar-refractivity contribution >= 4 is 46.9 Å². The van der Waals surface area contributed by atoms with Crippen LogP contribution in [0.15, 0.2) is 64.4 Å². The van der Waals surface area contributed by atoms with Gasteiger partial charge in [-0.3, -0.25) is 19.7 Å². The Balaban J connectivity index is 1.66. The molecule has 2 N–H and O–H groups in total. The van der Waals surface area contributed by atoms with Gasteiger partial charge in [0.1, 0.15) is 0 Å². The zero-order valence-corrected chi connectivity index (χ0v) is 16.0. The highest BCUT2D eigenvalue weighted by atomic mass is 32.2. The predicted octanol–water partition coefficient (Wildman–Crippen LogP) is 3.56. The number of carbonyl (C=O) groups is 3. The summed E-state index contributed by atoms with van der Waals surface area (Å²) in [6.07, 6.45) is 0.293. The number of amides is 3. The maximum absolute atomic E-state index is 11.9. The van der Waals surface area contributed by atoms with Crippen molar-refractivity contribution in [2.24, 2.45) is 0 Å². The van der Waals surface area contributed by atoms with Crippen molar-refractivity contribution in [1.82, 2.24) is 5.32 Å². The molecule has 7 heteroatoms. The number of hydrogen-bond acceptors (Lipinski definition) is 5. The van der Waals surface area contributed by atoms with Crippen LogP contribution in [0.5, 0.6) is 0 Å². The van der Waals surface area contributed by atoms with Crippen LogP contribution in [0, 0.1) is 0 Å². The fraction of sp³-hybridized carbons (Fsp3) is 0.211. The molecule has 0 aliphatic rings. The lowest BCUT2D eigenvalue weighted by Crippen LogP contribution is -2.31. The third-order valence-electron chi connectivity index (χ3n) is 3.16. The molecule has 2 aromatic carbocycles. The van der Waals surface area contributed by atoms with E-state index in [1.807, 2.05) is 42.5 Å². The molecule has 2 rings (SSSR count). The molecule has 0 aromatic heterocycles. The zero-order valence-electron chi connectivity index (χ0n) is 14.4. The molecule has 26 heavy (non-hydrogen) atoms. The monoisotopic (exact) mass is 388 g/mol. The molecule has 0 saturated heterocycles. The van der Waals surface area contributed by atoms with Gasteiger partial charge in [0.25, 0.3) is 0 Å². The summed E-state index contributed by atoms with van der Waals surface area (Å²) < 4.78 is 0. The smallest absolute Gasteiger partial charge is 0.236 e. The minimum atomic E-state index is -0.310. The van der Waals surface area contributed by atoms with Gasteiger partial charge in [-0.25, -0.2) is 0 Å². The van der Waals surface area contributed by atoms with Gasteiger partial charge in [-0.1, -0.05) is 18.2 Å². The second kappa shape index (κ2) is 10.7. The van der Waals surface area contributed by atoms with E-state index in [0.29, 0.717) is 17.9 Å². The van der Waals surface area contributed by atoms with Gasteiger partial charge in [-0.05, 0) is 36.4 Å². The standard InChI is InChI=1S/C19H20N2O3S2/c1-14(22)20-15-7-9-17(10-8-15)26-13-19(24)21-18(23)11-12-25-16-5-3-2-4-6-16/h2-10H,11-13H2,1H3,(H,20,22)(H,21,23,24). The van der Waals surface area contributed by atoms with Crippen LogP contribution in [0.3, 0.4) is 0 Å². The van der Waals surface area contributed by atoms with E-state index in [4.69, 9.17) is 0 Å². The molecule has 0 atom stereocenters. The average Bonchev–Trinajstić information content (AvgIpc) is 2.61. The molecule has 0 heterocycles. The van der Waals surface area contributed by atoms with Gasteiger partial charge < -0.3 is 5.32 Å². The quantitative estimate of drug-likeness (QED) is 0.676. The lowest BCUT2D eigenvalue weighted by molar-refractivity contribution is -0.128. The van der Waals surface area contributed by atoms with Crippen LogP contribution < -0.4 is 10.6 Å². The van der Waals surface area contributed by atoms with E-state index in [1.54, 1.807) is 23.9 Å². The Kier molecular flexibility index (Phi) is 8.24. The first-order chi connectivity index (χ1) is 12.5. The van der Waals surface area contributed by atoms with Crippen LogP contribution >= 0.6 is 23.5 Å². The highest BCUT2D eigenvalue weighted by Gasteiger charge is 2.09. The Morgan fingerprint density at radius 2 is 1.50 bits per heavy atom. The average molecular weight is 389 g/mol. The largest absolute Gasteiger partial charge is 0.326 e. The van der Waals surface area contributed by atoms with Gasteiger partial charge in [-0.2, -0.15) is 0 Å². The van der Waals surface area contributed by atoms with E-state index < -0.39 is 0 Å². The van der Waals surface area contributed by atoms with Crippen molar-refractivity contribution < 1.29 is 14.4 Å². The minimum absolute atomic E-state index is 0.131. The van der Waals surface area contributed by atoms with Crippen LogP contribution in [-0.2, 0) is 14.4 Å². The van der Waals surface area contributed by atoms with Gasteiger partial charge in [0, 0.05) is 34.6 Å². The van der Waals surface area contributed by atoms with E-state index in [0.717, 1.165) is 9.79 Å². The van der Waals surface area contributed by atoms with Gasteiger partial charge >= 0.3 is 0 Å². The molecule has 0 unspecified atom stereocenters. The van der Waals surface area contributed by atoms with Crippen molar-refractivity contribution in [1.29, 1.82) is 0 Å². The molecule has 3 amide bonds. The maximum Gasteiger partial charge on any atom is 0.236 e. The Hall–Kier alpha value is -2.25. The Bertz CT molecular complexity index is 749. The van der Waals surface area contributed by atoms with E-state index >= 15 is 0 Å². The minimum Gasteiger partial charge on any atom is -0.326 e. The van der Waals surface area contributed by atoms with Crippen molar-refractivity contribution in [2.45, 2.75) is 23.1 Å². The first-order valence-electron chi connectivity index (χ1n) is 8.04. The summed E-state index contributed by atoms with van der Waals surface area (Å²) in [6, 6.07) is 17.0. The molecule has 5 nitrogen and oxygen atoms in total. The van der Waals surface area contributed by atoms with Crippen LogP contribution in [0.4, 0.5) is 5.69 Å². The Labute approximate surface area is 161 Å². The third kappa shape index (κ3) is 7.76. The van der Waals surface area contributed by atoms with Gasteiger partial charge in [-0.15, -0.1) is 23.5 Å². The normalized spacial score (nSPS) is 10.2. The van der Waals surface area contributed by atoms with Crippen molar-refractivity contribution in [2.75, 3.05) is 16.8 Å². The van der Waals surface area contributed by atoms with Crippen molar-refractivity contribution in [3.8, 4) is 0 Å². The van der Waals surface area contributed by atoms with Gasteiger partial charge in [0.05, 0.1) is 5.75 Å². The predicted molar refractivity (Wildman–Crippen MR) is 106 cm³/mol. The summed E-state index contributed by atoms with van der Waals surface area (Å²) in [7, 11) is 0. The number of imide groups is 1. The number of hydrogen-bond donors (Lipinski definition) is 2. The summed E-state index contributed by atoms with van der Waals surface area (Å²) in [6.45, 7) is 1.45. The third-order valence-corrected chi connectivity index (χ3v) is 5.19. The van der Waals surface area contributed by atoms with E-state index in [1.165, 1.54) is 18.7 Å². The molecule has 0 saturated carbocycles. The van der Waals surface area contributed by atoms with E-state index in [2.05, 4.69) is 10.6 Å². The molecular weight excluding hydrogens is 368 g/mol. The van der Waals surface area contributed by atoms with Crippen LogP contribution in [0.2, 0.25) is 0 Å². The lowest BCUT2D eigenvalue weighted by atomic mass is 10.3. The summed E-state index contributed by atoms with van der Waals surface area (Å²) in [5.41, 5.74) is 0.706. The fourth-order valence-electron chi connectivity index (χ4n) is 2.02. The molecule has 136 valence electrons. The van der Waals surface area contributed by atoms with Gasteiger partial charge in [0.15, 0.2) is 0 Å². The maximum atomic E-state index is 11.9. The van der Waals surface area contributed by atoms with Crippen molar-refractivity contribution in [3.05, 3.63) is 54.6 Å². The molecular formula is C19H20N2O3S2. The van der Waals surface area contributed by atoms with E-state index in [9.17, 15) is 14.4 Å². The first kappa shape index (κ1) is 20.1. The lowest BCUT2D eigenvalue weighted by Gasteiger charge is -2.06. The van der Waals surface area contributed by atoms with Gasteiger partial charge in [0.2, 0.25) is 17.7 Å². The molecule has 0 aliphatic carbocycles. The molecule has 0 aliphatic heterocycles. The highest BCUT2D eigenvalue weighted by Crippen LogP contribution is 2.20. The molecule has 0 fully saturated rings. The second-order valence-corrected chi connectivity index (χ2v) is 7.59. The highest BCUT2D eigenvalue weighted by molar-refractivity contribution is 8.00. The molecule has 0 radical (unpaired) electrons. The summed E-state index contributed by atoms with van der Waals surface area (Å²) in [5, 5.41) is 5.09. The topological polar surface area (TPSA) is 75.3 Å². The van der Waals surface area contributed by atoms with Crippen LogP contribution in [-0.4, -0.2) is 29.2 Å². The fourth-order valence-corrected chi connectivity index (χ4v) is 3.59. The number of benzene rings is 2. The van der Waals surface area contributed by atoms with E-state index in [-0.39, 0.29) is 23.5 Å². The molecule has 0 spiro atoms. The molecule has 2 aromatic rings. The SMILES string of the molecule is CC(=O)Nc1ccc(SCC(=O)NC(=O)CCSc2ccccc2)cc1. The summed E-state index contributed by atoms with van der Waals surface area (Å²) >= 11 is 2.92. The Morgan fingerprint density at radius 1 is 0.846 bits per heavy atom. The number of thioether (sulfide) groups is 2. The molecule has 0 bridgehead atoms. The first-order valence-corrected chi connectivity index (χ1v) is 10.0. The van der Waals surface area contributed by atoms with Crippen LogP contribution in [0.25, 0.3) is 0 Å². The summed E-state index contributed by atoms with van der Waals surface area (Å²) in [4.78, 5) is 36.6. The van der Waals surface area contributed by atoms with Crippen molar-refractivity contribution in [3.63, 3.8) is 0 Å².